The summed E-state index contributed by atoms with van der Waals surface area (Å²) in [5, 5.41) is 0. The van der Waals surface area contributed by atoms with Gasteiger partial charge in [0.1, 0.15) is 11.5 Å². The van der Waals surface area contributed by atoms with Crippen LogP contribution in [0.5, 0.6) is 11.5 Å². The summed E-state index contributed by atoms with van der Waals surface area (Å²) in [5.74, 6) is -0.206. The number of methoxy groups -OCH3 is 1. The fraction of sp³-hybridized carbons (Fsp3) is 0.273. The first-order valence-electron chi connectivity index (χ1n) is 8.72. The maximum atomic E-state index is 13.1. The molecule has 4 heteroatoms. The fourth-order valence-corrected chi connectivity index (χ4v) is 4.05. The highest BCUT2D eigenvalue weighted by molar-refractivity contribution is 6.16. The van der Waals surface area contributed by atoms with Crippen molar-refractivity contribution >= 4 is 17.3 Å². The molecular weight excluding hydrogens is 328 g/mol. The molecule has 2 atom stereocenters. The van der Waals surface area contributed by atoms with E-state index in [4.69, 9.17) is 9.47 Å². The number of fused-ring (bicyclic) bond motifs is 3. The van der Waals surface area contributed by atoms with Crippen LogP contribution in [0.25, 0.3) is 5.57 Å². The van der Waals surface area contributed by atoms with Crippen molar-refractivity contribution in [3.8, 4) is 11.5 Å². The van der Waals surface area contributed by atoms with E-state index < -0.39 is 17.3 Å². The van der Waals surface area contributed by atoms with Crippen LogP contribution in [0, 0.1) is 11.3 Å². The molecule has 132 valence electrons. The minimum absolute atomic E-state index is 0.122. The van der Waals surface area contributed by atoms with Crippen molar-refractivity contribution in [3.63, 3.8) is 0 Å². The number of carbonyl (C=O) groups excluding carboxylic acids is 2. The number of carbonyl (C=O) groups is 2. The van der Waals surface area contributed by atoms with Gasteiger partial charge in [-0.25, -0.2) is 0 Å². The van der Waals surface area contributed by atoms with Gasteiger partial charge in [0.2, 0.25) is 0 Å². The molecule has 1 aliphatic carbocycles. The number of ether oxygens (including phenoxy) is 2. The van der Waals surface area contributed by atoms with Crippen molar-refractivity contribution in [2.45, 2.75) is 19.8 Å². The Hall–Kier alpha value is -2.88. The van der Waals surface area contributed by atoms with Gasteiger partial charge in [0, 0.05) is 17.4 Å². The number of esters is 1. The van der Waals surface area contributed by atoms with E-state index in [2.05, 4.69) is 0 Å². The van der Waals surface area contributed by atoms with Crippen molar-refractivity contribution in [2.75, 3.05) is 7.11 Å². The monoisotopic (exact) mass is 348 g/mol. The molecule has 4 nitrogen and oxygen atoms in total. The van der Waals surface area contributed by atoms with Gasteiger partial charge in [-0.2, -0.15) is 0 Å². The molecule has 4 rings (SSSR count). The number of ketones is 1. The van der Waals surface area contributed by atoms with Gasteiger partial charge in [0.25, 0.3) is 0 Å². The van der Waals surface area contributed by atoms with Crippen LogP contribution in [-0.2, 0) is 9.59 Å². The number of hydrogen-bond donors (Lipinski definition) is 0. The summed E-state index contributed by atoms with van der Waals surface area (Å²) >= 11 is 0. The zero-order valence-electron chi connectivity index (χ0n) is 15.0. The molecule has 0 radical (unpaired) electrons. The maximum absolute atomic E-state index is 13.1. The number of Topliss-reactive ketones (excluding diaryl/α,β-unsaturated/α-hetero) is 1. The summed E-state index contributed by atoms with van der Waals surface area (Å²) in [5.41, 5.74) is 1.45. The van der Waals surface area contributed by atoms with Crippen LogP contribution >= 0.6 is 0 Å². The maximum Gasteiger partial charge on any atom is 0.329 e. The average molecular weight is 348 g/mol. The van der Waals surface area contributed by atoms with Crippen molar-refractivity contribution in [2.24, 2.45) is 11.3 Å². The molecule has 0 N–H and O–H groups in total. The van der Waals surface area contributed by atoms with Crippen LogP contribution in [-0.4, -0.2) is 18.9 Å². The summed E-state index contributed by atoms with van der Waals surface area (Å²) in [4.78, 5) is 26.0. The third-order valence-corrected chi connectivity index (χ3v) is 5.26. The fourth-order valence-electron chi connectivity index (χ4n) is 4.05. The Labute approximate surface area is 152 Å². The third kappa shape index (κ3) is 2.08. The highest BCUT2D eigenvalue weighted by Gasteiger charge is 2.63. The van der Waals surface area contributed by atoms with Crippen molar-refractivity contribution in [1.82, 2.24) is 0 Å². The Kier molecular flexibility index (Phi) is 3.72. The van der Waals surface area contributed by atoms with Gasteiger partial charge < -0.3 is 9.47 Å². The average Bonchev–Trinajstić information content (AvgIpc) is 2.62. The molecule has 0 fully saturated rings. The molecule has 0 spiro atoms. The zero-order chi connectivity index (χ0) is 18.5. The van der Waals surface area contributed by atoms with Crippen LogP contribution in [0.2, 0.25) is 0 Å². The van der Waals surface area contributed by atoms with Crippen molar-refractivity contribution in [3.05, 3.63) is 65.7 Å². The van der Waals surface area contributed by atoms with Gasteiger partial charge >= 0.3 is 5.97 Å². The minimum atomic E-state index is -1.28. The lowest BCUT2D eigenvalue weighted by atomic mass is 9.53. The van der Waals surface area contributed by atoms with E-state index in [0.717, 1.165) is 16.7 Å². The Balaban J connectivity index is 1.98. The Morgan fingerprint density at radius 3 is 2.50 bits per heavy atom. The molecule has 2 aromatic carbocycles. The van der Waals surface area contributed by atoms with Crippen LogP contribution in [0.4, 0.5) is 0 Å². The lowest BCUT2D eigenvalue weighted by Crippen LogP contribution is -2.54. The lowest BCUT2D eigenvalue weighted by Gasteiger charge is -2.49. The van der Waals surface area contributed by atoms with Crippen molar-refractivity contribution in [1.29, 1.82) is 0 Å². The van der Waals surface area contributed by atoms with Gasteiger partial charge in [0.05, 0.1) is 7.11 Å². The van der Waals surface area contributed by atoms with Gasteiger partial charge in [-0.3, -0.25) is 9.59 Å². The molecule has 0 saturated heterocycles. The van der Waals surface area contributed by atoms with Crippen LogP contribution in [0.15, 0.2) is 54.6 Å². The zero-order valence-corrected chi connectivity index (χ0v) is 15.0. The highest BCUT2D eigenvalue weighted by Crippen LogP contribution is 2.63. The van der Waals surface area contributed by atoms with Gasteiger partial charge in [-0.15, -0.1) is 0 Å². The number of rotatable bonds is 4. The molecule has 0 bridgehead atoms. The van der Waals surface area contributed by atoms with E-state index in [-0.39, 0.29) is 11.7 Å². The Morgan fingerprint density at radius 2 is 1.85 bits per heavy atom. The SMILES string of the molecule is COc1cccc2c1[C@H]1C(c3ccccc3)=C[C@@]1(C(=O)C(C)C)C(=O)O2. The summed E-state index contributed by atoms with van der Waals surface area (Å²) in [6, 6.07) is 15.2. The topological polar surface area (TPSA) is 52.6 Å². The third-order valence-electron chi connectivity index (χ3n) is 5.26. The standard InChI is InChI=1S/C22H20O4/c1-13(2)20(23)22-12-15(14-8-5-4-6-9-14)19(22)18-16(25-3)10-7-11-17(18)26-21(22)24/h4-13,19H,1-3H3/t19-,22-/m1/s1. The van der Waals surface area contributed by atoms with E-state index >= 15 is 0 Å². The Bertz CT molecular complexity index is 926. The first-order valence-corrected chi connectivity index (χ1v) is 8.72. The van der Waals surface area contributed by atoms with Crippen molar-refractivity contribution < 1.29 is 19.1 Å². The molecule has 1 aliphatic heterocycles. The summed E-state index contributed by atoms with van der Waals surface area (Å²) in [6.07, 6.45) is 1.78. The first-order chi connectivity index (χ1) is 12.5. The molecule has 2 aromatic rings. The summed E-state index contributed by atoms with van der Waals surface area (Å²) in [7, 11) is 1.59. The second kappa shape index (κ2) is 5.84. The smallest absolute Gasteiger partial charge is 0.329 e. The van der Waals surface area contributed by atoms with Gasteiger partial charge in [-0.1, -0.05) is 56.3 Å². The number of hydrogen-bond acceptors (Lipinski definition) is 4. The van der Waals surface area contributed by atoms with E-state index in [0.29, 0.717) is 11.5 Å². The molecule has 1 heterocycles. The van der Waals surface area contributed by atoms with Crippen LogP contribution in [0.3, 0.4) is 0 Å². The molecule has 0 unspecified atom stereocenters. The number of benzene rings is 2. The second-order valence-electron chi connectivity index (χ2n) is 7.05. The van der Waals surface area contributed by atoms with E-state index in [1.807, 2.05) is 50.2 Å². The molecule has 0 saturated carbocycles. The summed E-state index contributed by atoms with van der Waals surface area (Å²) < 4.78 is 11.1. The first kappa shape index (κ1) is 16.6. The van der Waals surface area contributed by atoms with E-state index in [9.17, 15) is 9.59 Å². The lowest BCUT2D eigenvalue weighted by molar-refractivity contribution is -0.153. The second-order valence-corrected chi connectivity index (χ2v) is 7.05. The minimum Gasteiger partial charge on any atom is -0.496 e. The van der Waals surface area contributed by atoms with E-state index in [1.165, 1.54) is 0 Å². The molecular formula is C22H20O4. The summed E-state index contributed by atoms with van der Waals surface area (Å²) in [6.45, 7) is 3.63. The Morgan fingerprint density at radius 1 is 1.12 bits per heavy atom. The largest absolute Gasteiger partial charge is 0.496 e. The van der Waals surface area contributed by atoms with Gasteiger partial charge in [-0.05, 0) is 23.3 Å². The molecule has 0 amide bonds. The highest BCUT2D eigenvalue weighted by atomic mass is 16.5. The molecule has 2 aliphatic rings. The molecule has 0 aromatic heterocycles. The van der Waals surface area contributed by atoms with Crippen LogP contribution in [0.1, 0.15) is 30.9 Å². The predicted molar refractivity (Wildman–Crippen MR) is 98.1 cm³/mol. The van der Waals surface area contributed by atoms with Crippen LogP contribution < -0.4 is 9.47 Å². The quantitative estimate of drug-likeness (QED) is 0.476. The number of allylic oxidation sites excluding steroid dienone is 1. The van der Waals surface area contributed by atoms with Gasteiger partial charge in [0.15, 0.2) is 11.2 Å². The normalized spacial score (nSPS) is 23.3. The van der Waals surface area contributed by atoms with E-state index in [1.54, 1.807) is 25.3 Å². The predicted octanol–water partition coefficient (Wildman–Crippen LogP) is 4.01. The molecule has 26 heavy (non-hydrogen) atoms.